The van der Waals surface area contributed by atoms with Crippen molar-refractivity contribution in [1.82, 2.24) is 4.98 Å². The Kier molecular flexibility index (Phi) is 7.83. The van der Waals surface area contributed by atoms with Crippen LogP contribution in [-0.4, -0.2) is 12.1 Å². The third-order valence-electron chi connectivity index (χ3n) is 11.9. The van der Waals surface area contributed by atoms with Crippen molar-refractivity contribution in [2.24, 2.45) is 46.3 Å². The van der Waals surface area contributed by atoms with Crippen LogP contribution in [0.4, 0.5) is 10.8 Å². The van der Waals surface area contributed by atoms with Gasteiger partial charge in [-0.05, 0) is 115 Å². The van der Waals surface area contributed by atoms with E-state index in [0.29, 0.717) is 10.4 Å². The van der Waals surface area contributed by atoms with Gasteiger partial charge in [0.15, 0.2) is 5.13 Å². The standard InChI is InChI=1S/C35H49ClN2OS/c1-21(2)8-7-9-22(3)25-13-14-26-24-11-12-28-32-29(17-19-35(28,5)27(24)16-18-34(25,26)4)37-33(40-32)38-30-20-23(36)10-15-31(30)39-6/h10,12,15,20-22,24-27H,7-9,11,13-14,16-19H2,1-6H3,(H,37,38)/t22?,24-,25?,26-,27-,34+,35+/m0/s1. The molecule has 4 aliphatic rings. The summed E-state index contributed by atoms with van der Waals surface area (Å²) in [7, 11) is 1.70. The minimum Gasteiger partial charge on any atom is -0.495 e. The van der Waals surface area contributed by atoms with E-state index < -0.39 is 0 Å². The van der Waals surface area contributed by atoms with Crippen molar-refractivity contribution in [2.45, 2.75) is 98.8 Å². The molecular weight excluding hydrogens is 532 g/mol. The second-order valence-corrected chi connectivity index (χ2v) is 15.9. The lowest BCUT2D eigenvalue weighted by Crippen LogP contribution is -2.49. The molecule has 40 heavy (non-hydrogen) atoms. The van der Waals surface area contributed by atoms with E-state index in [1.165, 1.54) is 68.4 Å². The van der Waals surface area contributed by atoms with Crippen molar-refractivity contribution in [3.63, 3.8) is 0 Å². The molecule has 218 valence electrons. The number of allylic oxidation sites excluding steroid dienone is 2. The molecular formula is C35H49ClN2OS. The van der Waals surface area contributed by atoms with Gasteiger partial charge >= 0.3 is 0 Å². The highest BCUT2D eigenvalue weighted by Gasteiger charge is 2.59. The van der Waals surface area contributed by atoms with Crippen LogP contribution in [-0.2, 0) is 6.42 Å². The monoisotopic (exact) mass is 580 g/mol. The highest BCUT2D eigenvalue weighted by Crippen LogP contribution is 2.68. The van der Waals surface area contributed by atoms with Crippen LogP contribution in [0.5, 0.6) is 5.75 Å². The molecule has 6 rings (SSSR count). The zero-order valence-electron chi connectivity index (χ0n) is 25.5. The molecule has 0 saturated heterocycles. The molecule has 3 nitrogen and oxygen atoms in total. The molecule has 1 aromatic heterocycles. The van der Waals surface area contributed by atoms with Crippen molar-refractivity contribution < 1.29 is 4.74 Å². The summed E-state index contributed by atoms with van der Waals surface area (Å²) in [4.78, 5) is 6.50. The zero-order chi connectivity index (χ0) is 28.2. The molecule has 0 amide bonds. The number of rotatable bonds is 8. The summed E-state index contributed by atoms with van der Waals surface area (Å²) in [6.07, 6.45) is 16.2. The molecule has 0 bridgehead atoms. The normalized spacial score (nSPS) is 33.5. The number of hydrogen-bond acceptors (Lipinski definition) is 4. The summed E-state index contributed by atoms with van der Waals surface area (Å²) in [5.74, 6) is 5.96. The number of methoxy groups -OCH3 is 1. The average Bonchev–Trinajstić information content (AvgIpc) is 3.48. The van der Waals surface area contributed by atoms with Gasteiger partial charge in [0.2, 0.25) is 0 Å². The van der Waals surface area contributed by atoms with E-state index in [4.69, 9.17) is 21.3 Å². The molecule has 7 atom stereocenters. The van der Waals surface area contributed by atoms with E-state index in [9.17, 15) is 0 Å². The summed E-state index contributed by atoms with van der Waals surface area (Å²) >= 11 is 8.12. The van der Waals surface area contributed by atoms with Crippen LogP contribution in [0.1, 0.15) is 103 Å². The van der Waals surface area contributed by atoms with Gasteiger partial charge in [-0.2, -0.15) is 0 Å². The van der Waals surface area contributed by atoms with Crippen LogP contribution in [0, 0.1) is 46.3 Å². The number of ether oxygens (including phenoxy) is 1. The number of hydrogen-bond donors (Lipinski definition) is 1. The van der Waals surface area contributed by atoms with Crippen LogP contribution in [0.25, 0.3) is 5.57 Å². The van der Waals surface area contributed by atoms with Crippen molar-refractivity contribution >= 4 is 39.3 Å². The SMILES string of the molecule is COc1ccc(Cl)cc1Nc1nc2c(s1)C1=CC[C@@H]3[C@H](CC[C@]4(C)C(C(C)CCCC(C)C)CC[C@@H]34)[C@@]1(C)CC2. The molecule has 2 unspecified atom stereocenters. The van der Waals surface area contributed by atoms with Crippen LogP contribution >= 0.6 is 22.9 Å². The summed E-state index contributed by atoms with van der Waals surface area (Å²) in [5, 5.41) is 5.17. The quantitative estimate of drug-likeness (QED) is 0.337. The van der Waals surface area contributed by atoms with Gasteiger partial charge in [0.1, 0.15) is 5.75 Å². The Balaban J connectivity index is 1.22. The second-order valence-electron chi connectivity index (χ2n) is 14.4. The maximum atomic E-state index is 6.30. The minimum atomic E-state index is 0.274. The summed E-state index contributed by atoms with van der Waals surface area (Å²) in [6.45, 7) is 12.6. The lowest BCUT2D eigenvalue weighted by Gasteiger charge is -2.57. The predicted molar refractivity (Wildman–Crippen MR) is 171 cm³/mol. The van der Waals surface area contributed by atoms with Crippen molar-refractivity contribution in [2.75, 3.05) is 12.4 Å². The van der Waals surface area contributed by atoms with Crippen LogP contribution < -0.4 is 10.1 Å². The van der Waals surface area contributed by atoms with Crippen LogP contribution in [0.15, 0.2) is 24.3 Å². The predicted octanol–water partition coefficient (Wildman–Crippen LogP) is 10.8. The number of aromatic nitrogens is 1. The fourth-order valence-corrected chi connectivity index (χ4v) is 11.2. The van der Waals surface area contributed by atoms with Crippen LogP contribution in [0.3, 0.4) is 0 Å². The van der Waals surface area contributed by atoms with Crippen molar-refractivity contribution in [3.8, 4) is 5.75 Å². The maximum absolute atomic E-state index is 6.30. The first-order valence-electron chi connectivity index (χ1n) is 15.9. The number of aryl methyl sites for hydroxylation is 1. The second kappa shape index (κ2) is 11.0. The number of nitrogens with zero attached hydrogens (tertiary/aromatic N) is 1. The molecule has 0 aliphatic heterocycles. The van der Waals surface area contributed by atoms with Gasteiger partial charge < -0.3 is 10.1 Å². The minimum absolute atomic E-state index is 0.274. The Morgan fingerprint density at radius 2 is 1.93 bits per heavy atom. The number of thiazole rings is 1. The molecule has 4 aliphatic carbocycles. The van der Waals surface area contributed by atoms with E-state index >= 15 is 0 Å². The summed E-state index contributed by atoms with van der Waals surface area (Å²) < 4.78 is 5.57. The van der Waals surface area contributed by atoms with Gasteiger partial charge in [-0.15, -0.1) is 0 Å². The van der Waals surface area contributed by atoms with Gasteiger partial charge in [0, 0.05) is 5.02 Å². The van der Waals surface area contributed by atoms with E-state index in [1.54, 1.807) is 12.7 Å². The van der Waals surface area contributed by atoms with Gasteiger partial charge in [-0.1, -0.05) is 82.9 Å². The molecule has 2 aromatic rings. The van der Waals surface area contributed by atoms with E-state index in [0.717, 1.165) is 58.5 Å². The van der Waals surface area contributed by atoms with E-state index in [2.05, 4.69) is 46.0 Å². The van der Waals surface area contributed by atoms with E-state index in [-0.39, 0.29) is 5.41 Å². The molecule has 1 aromatic carbocycles. The molecule has 5 heteroatoms. The van der Waals surface area contributed by atoms with Gasteiger partial charge in [0.25, 0.3) is 0 Å². The Morgan fingerprint density at radius 1 is 1.10 bits per heavy atom. The third kappa shape index (κ3) is 4.83. The number of nitrogens with one attached hydrogen (secondary N) is 1. The molecule has 1 heterocycles. The summed E-state index contributed by atoms with van der Waals surface area (Å²) in [6, 6.07) is 5.70. The maximum Gasteiger partial charge on any atom is 0.188 e. The third-order valence-corrected chi connectivity index (χ3v) is 13.2. The molecule has 0 radical (unpaired) electrons. The Hall–Kier alpha value is -1.52. The smallest absolute Gasteiger partial charge is 0.188 e. The first kappa shape index (κ1) is 28.6. The van der Waals surface area contributed by atoms with Crippen molar-refractivity contribution in [1.29, 1.82) is 0 Å². The fourth-order valence-electron chi connectivity index (χ4n) is 9.85. The molecule has 1 N–H and O–H groups in total. The highest BCUT2D eigenvalue weighted by atomic mass is 35.5. The molecule has 0 spiro atoms. The number of benzene rings is 1. The van der Waals surface area contributed by atoms with Gasteiger partial charge in [-0.25, -0.2) is 4.98 Å². The summed E-state index contributed by atoms with van der Waals surface area (Å²) in [5.41, 5.74) is 4.56. The number of anilines is 2. The topological polar surface area (TPSA) is 34.1 Å². The lowest BCUT2D eigenvalue weighted by atomic mass is 9.47. The molecule has 2 saturated carbocycles. The van der Waals surface area contributed by atoms with Crippen molar-refractivity contribution in [3.05, 3.63) is 39.9 Å². The lowest BCUT2D eigenvalue weighted by molar-refractivity contribution is -0.0392. The Labute approximate surface area is 251 Å². The zero-order valence-corrected chi connectivity index (χ0v) is 27.1. The number of halogens is 1. The highest BCUT2D eigenvalue weighted by molar-refractivity contribution is 7.16. The number of fused-ring (bicyclic) bond motifs is 7. The fraction of sp³-hybridized carbons (Fsp3) is 0.686. The van der Waals surface area contributed by atoms with Crippen LogP contribution in [0.2, 0.25) is 5.02 Å². The van der Waals surface area contributed by atoms with E-state index in [1.807, 2.05) is 29.5 Å². The first-order valence-corrected chi connectivity index (χ1v) is 17.1. The first-order chi connectivity index (χ1) is 19.1. The Morgan fingerprint density at radius 3 is 2.70 bits per heavy atom. The largest absolute Gasteiger partial charge is 0.495 e. The molecule has 2 fully saturated rings. The average molecular weight is 581 g/mol. The van der Waals surface area contributed by atoms with Gasteiger partial charge in [-0.3, -0.25) is 0 Å². The Bertz CT molecular complexity index is 1270. The van der Waals surface area contributed by atoms with Gasteiger partial charge in [0.05, 0.1) is 23.4 Å².